The molecule has 0 amide bonds. The number of pyridine rings is 1. The van der Waals surface area contributed by atoms with Crippen LogP contribution in [0.3, 0.4) is 0 Å². The first-order chi connectivity index (χ1) is 8.97. The number of H-pyrrole nitrogens is 1. The van der Waals surface area contributed by atoms with Gasteiger partial charge in [-0.3, -0.25) is 4.79 Å². The Morgan fingerprint density at radius 2 is 2.26 bits per heavy atom. The molecule has 4 heteroatoms. The molecule has 0 fully saturated rings. The monoisotopic (exact) mass is 258 g/mol. The fourth-order valence-electron chi connectivity index (χ4n) is 3.55. The number of aromatic nitrogens is 1. The van der Waals surface area contributed by atoms with Gasteiger partial charge < -0.3 is 15.8 Å². The van der Waals surface area contributed by atoms with Crippen molar-refractivity contribution < 1.29 is 5.11 Å². The van der Waals surface area contributed by atoms with E-state index in [0.29, 0.717) is 5.69 Å². The molecule has 0 aliphatic heterocycles. The van der Waals surface area contributed by atoms with Crippen molar-refractivity contribution in [3.8, 4) is 0 Å². The van der Waals surface area contributed by atoms with E-state index < -0.39 is 11.6 Å². The predicted molar refractivity (Wildman–Crippen MR) is 73.5 cm³/mol. The Labute approximate surface area is 111 Å². The van der Waals surface area contributed by atoms with E-state index >= 15 is 0 Å². The highest BCUT2D eigenvalue weighted by atomic mass is 16.3. The quantitative estimate of drug-likeness (QED) is 0.617. The lowest BCUT2D eigenvalue weighted by Gasteiger charge is -2.47. The summed E-state index contributed by atoms with van der Waals surface area (Å²) in [5.74, 6) is -0.144. The van der Waals surface area contributed by atoms with E-state index in [0.717, 1.165) is 17.6 Å². The zero-order valence-electron chi connectivity index (χ0n) is 11.1. The molecular formula is C15H18N2O2. The van der Waals surface area contributed by atoms with Crippen LogP contribution in [0.25, 0.3) is 0 Å². The smallest absolute Gasteiger partial charge is 0.248 e. The van der Waals surface area contributed by atoms with E-state index in [9.17, 15) is 9.90 Å². The highest BCUT2D eigenvalue weighted by Crippen LogP contribution is 2.51. The third kappa shape index (κ3) is 1.57. The van der Waals surface area contributed by atoms with Gasteiger partial charge in [-0.2, -0.15) is 0 Å². The van der Waals surface area contributed by atoms with Crippen LogP contribution in [-0.4, -0.2) is 10.1 Å². The molecule has 0 saturated heterocycles. The second-order valence-electron chi connectivity index (χ2n) is 5.53. The van der Waals surface area contributed by atoms with Crippen LogP contribution in [0, 0.1) is 5.92 Å². The molecule has 100 valence electrons. The van der Waals surface area contributed by atoms with E-state index in [-0.39, 0.29) is 11.5 Å². The van der Waals surface area contributed by atoms with Crippen LogP contribution < -0.4 is 11.3 Å². The lowest BCUT2D eigenvalue weighted by Crippen LogP contribution is -2.49. The summed E-state index contributed by atoms with van der Waals surface area (Å²) in [6.45, 7) is 3.98. The van der Waals surface area contributed by atoms with Gasteiger partial charge in [-0.25, -0.2) is 0 Å². The van der Waals surface area contributed by atoms with Gasteiger partial charge in [0.15, 0.2) is 0 Å². The van der Waals surface area contributed by atoms with Gasteiger partial charge >= 0.3 is 0 Å². The molecule has 2 aliphatic carbocycles. The molecular weight excluding hydrogens is 240 g/mol. The van der Waals surface area contributed by atoms with E-state index in [1.165, 1.54) is 11.6 Å². The topological polar surface area (TPSA) is 79.1 Å². The number of fused-ring (bicyclic) bond motifs is 4. The average molecular weight is 258 g/mol. The summed E-state index contributed by atoms with van der Waals surface area (Å²) >= 11 is 0. The number of aliphatic hydroxyl groups is 1. The van der Waals surface area contributed by atoms with Crippen molar-refractivity contribution in [2.24, 2.45) is 11.7 Å². The third-order valence-corrected chi connectivity index (χ3v) is 4.27. The minimum Gasteiger partial charge on any atom is -0.386 e. The number of hydrogen-bond donors (Lipinski definition) is 3. The zero-order chi connectivity index (χ0) is 13.8. The second kappa shape index (κ2) is 3.92. The van der Waals surface area contributed by atoms with E-state index in [1.807, 2.05) is 19.9 Å². The van der Waals surface area contributed by atoms with Gasteiger partial charge in [0.2, 0.25) is 5.56 Å². The number of nitrogens with one attached hydrogen (secondary N) is 1. The molecule has 1 aromatic heterocycles. The Hall–Kier alpha value is -1.65. The lowest BCUT2D eigenvalue weighted by molar-refractivity contribution is 0.116. The molecule has 0 aromatic carbocycles. The summed E-state index contributed by atoms with van der Waals surface area (Å²) in [6.07, 6.45) is 4.03. The Kier molecular flexibility index (Phi) is 2.56. The molecule has 0 radical (unpaired) electrons. The number of rotatable bonds is 0. The molecule has 3 unspecified atom stereocenters. The third-order valence-electron chi connectivity index (χ3n) is 4.27. The minimum absolute atomic E-state index is 0.144. The van der Waals surface area contributed by atoms with Gasteiger partial charge in [-0.1, -0.05) is 17.7 Å². The maximum Gasteiger partial charge on any atom is 0.248 e. The molecule has 0 spiro atoms. The van der Waals surface area contributed by atoms with Gasteiger partial charge in [0.05, 0.1) is 11.2 Å². The first kappa shape index (κ1) is 12.4. The Morgan fingerprint density at radius 3 is 2.95 bits per heavy atom. The van der Waals surface area contributed by atoms with E-state index in [2.05, 4.69) is 11.1 Å². The number of aliphatic hydroxyl groups excluding tert-OH is 1. The Balaban J connectivity index is 2.34. The van der Waals surface area contributed by atoms with Crippen molar-refractivity contribution in [3.63, 3.8) is 0 Å². The van der Waals surface area contributed by atoms with Gasteiger partial charge in [-0.15, -0.1) is 0 Å². The van der Waals surface area contributed by atoms with Crippen molar-refractivity contribution in [2.75, 3.05) is 0 Å². The summed E-state index contributed by atoms with van der Waals surface area (Å²) in [5, 5.41) is 10.5. The normalized spacial score (nSPS) is 34.9. The zero-order valence-corrected chi connectivity index (χ0v) is 11.1. The molecule has 1 aromatic rings. The van der Waals surface area contributed by atoms with Crippen LogP contribution in [-0.2, 0) is 5.54 Å². The SMILES string of the molecule is C/C=C1/C2C=C(C)CC1(N)c1ccc(=O)[nH]c1C2O. The Bertz CT molecular complexity index is 656. The first-order valence-electron chi connectivity index (χ1n) is 6.52. The van der Waals surface area contributed by atoms with Gasteiger partial charge in [-0.05, 0) is 37.5 Å². The number of nitrogens with two attached hydrogens (primary N) is 1. The molecule has 3 atom stereocenters. The lowest BCUT2D eigenvalue weighted by atomic mass is 9.62. The summed E-state index contributed by atoms with van der Waals surface area (Å²) in [7, 11) is 0. The average Bonchev–Trinajstić information content (AvgIpc) is 2.35. The summed E-state index contributed by atoms with van der Waals surface area (Å²) in [4.78, 5) is 14.2. The molecule has 0 saturated carbocycles. The van der Waals surface area contributed by atoms with Crippen molar-refractivity contribution in [1.29, 1.82) is 0 Å². The molecule has 2 bridgehead atoms. The standard InChI is InChI=1S/C15H18N2O2/c1-3-10-9-6-8(2)7-15(10,16)11-4-5-12(18)17-13(11)14(9)19/h3-6,9,14,19H,7,16H2,1-2H3,(H,17,18)/b10-3-. The van der Waals surface area contributed by atoms with Crippen molar-refractivity contribution >= 4 is 0 Å². The first-order valence-corrected chi connectivity index (χ1v) is 6.52. The molecule has 3 rings (SSSR count). The molecule has 1 heterocycles. The van der Waals surface area contributed by atoms with Crippen LogP contribution in [0.2, 0.25) is 0 Å². The van der Waals surface area contributed by atoms with Gasteiger partial charge in [0.1, 0.15) is 6.10 Å². The molecule has 19 heavy (non-hydrogen) atoms. The van der Waals surface area contributed by atoms with Crippen LogP contribution >= 0.6 is 0 Å². The van der Waals surface area contributed by atoms with Crippen LogP contribution in [0.1, 0.15) is 37.6 Å². The van der Waals surface area contributed by atoms with E-state index in [1.54, 1.807) is 6.07 Å². The fraction of sp³-hybridized carbons (Fsp3) is 0.400. The molecule has 4 N–H and O–H groups in total. The summed E-state index contributed by atoms with van der Waals surface area (Å²) in [6, 6.07) is 3.22. The van der Waals surface area contributed by atoms with Crippen LogP contribution in [0.4, 0.5) is 0 Å². The number of allylic oxidation sites excluding steroid dienone is 1. The van der Waals surface area contributed by atoms with Crippen LogP contribution in [0.5, 0.6) is 0 Å². The highest BCUT2D eigenvalue weighted by molar-refractivity contribution is 5.50. The van der Waals surface area contributed by atoms with E-state index in [4.69, 9.17) is 5.73 Å². The maximum absolute atomic E-state index is 11.5. The molecule has 4 nitrogen and oxygen atoms in total. The largest absolute Gasteiger partial charge is 0.386 e. The number of hydrogen-bond acceptors (Lipinski definition) is 3. The molecule has 2 aliphatic rings. The Morgan fingerprint density at radius 1 is 1.53 bits per heavy atom. The van der Waals surface area contributed by atoms with Crippen LogP contribution in [0.15, 0.2) is 40.2 Å². The fourth-order valence-corrected chi connectivity index (χ4v) is 3.55. The van der Waals surface area contributed by atoms with Crippen molar-refractivity contribution in [1.82, 2.24) is 4.98 Å². The second-order valence-corrected chi connectivity index (χ2v) is 5.53. The highest BCUT2D eigenvalue weighted by Gasteiger charge is 2.47. The van der Waals surface area contributed by atoms with Crippen molar-refractivity contribution in [3.05, 3.63) is 57.0 Å². The minimum atomic E-state index is -0.734. The summed E-state index contributed by atoms with van der Waals surface area (Å²) < 4.78 is 0. The van der Waals surface area contributed by atoms with Crippen molar-refractivity contribution in [2.45, 2.75) is 31.9 Å². The summed E-state index contributed by atoms with van der Waals surface area (Å²) in [5.41, 5.74) is 9.41. The predicted octanol–water partition coefficient (Wildman–Crippen LogP) is 1.49. The maximum atomic E-state index is 11.5. The number of aromatic amines is 1. The van der Waals surface area contributed by atoms with Gasteiger partial charge in [0.25, 0.3) is 0 Å². The van der Waals surface area contributed by atoms with Gasteiger partial charge in [0, 0.05) is 12.0 Å².